The van der Waals surface area contributed by atoms with Crippen molar-refractivity contribution in [1.82, 2.24) is 5.32 Å². The van der Waals surface area contributed by atoms with Gasteiger partial charge >= 0.3 is 0 Å². The summed E-state index contributed by atoms with van der Waals surface area (Å²) >= 11 is 14.6. The normalized spacial score (nSPS) is 22.7. The molecule has 4 heteroatoms. The fourth-order valence-corrected chi connectivity index (χ4v) is 6.11. The summed E-state index contributed by atoms with van der Waals surface area (Å²) in [6.45, 7) is 2.17. The summed E-state index contributed by atoms with van der Waals surface area (Å²) < 4.78 is 0.232. The Balaban J connectivity index is 1.82. The maximum Gasteiger partial charge on any atom is 0.0573 e. The second kappa shape index (κ2) is 5.76. The standard InChI is InChI=1S/C18H17Cl2NS/c19-12-5-6-14(16(20)11-12)17-13-3-1-2-4-15(13)18(22-17)7-9-21-10-8-18/h1-6,11,17,21H,7-10H2. The Bertz CT molecular complexity index is 710. The van der Waals surface area contributed by atoms with Crippen LogP contribution in [-0.2, 0) is 4.75 Å². The van der Waals surface area contributed by atoms with Crippen molar-refractivity contribution >= 4 is 35.0 Å². The monoisotopic (exact) mass is 349 g/mol. The average molecular weight is 350 g/mol. The van der Waals surface area contributed by atoms with Gasteiger partial charge in [0.15, 0.2) is 0 Å². The smallest absolute Gasteiger partial charge is 0.0573 e. The van der Waals surface area contributed by atoms with Gasteiger partial charge in [-0.1, -0.05) is 53.5 Å². The summed E-state index contributed by atoms with van der Waals surface area (Å²) in [6.07, 6.45) is 2.35. The SMILES string of the molecule is Clc1ccc(C2SC3(CCNCC3)c3ccccc32)c(Cl)c1. The third-order valence-corrected chi connectivity index (χ3v) is 7.12. The van der Waals surface area contributed by atoms with Crippen molar-refractivity contribution in [3.05, 3.63) is 69.2 Å². The molecule has 1 unspecified atom stereocenters. The van der Waals surface area contributed by atoms with E-state index in [1.54, 1.807) is 0 Å². The predicted octanol–water partition coefficient (Wildman–Crippen LogP) is 5.41. The maximum atomic E-state index is 6.49. The van der Waals surface area contributed by atoms with Crippen molar-refractivity contribution in [3.8, 4) is 0 Å². The molecule has 1 saturated heterocycles. The van der Waals surface area contributed by atoms with Crippen LogP contribution in [0.3, 0.4) is 0 Å². The third-order valence-electron chi connectivity index (χ3n) is 4.73. The minimum absolute atomic E-state index is 0.232. The zero-order chi connectivity index (χ0) is 15.2. The number of benzene rings is 2. The van der Waals surface area contributed by atoms with Gasteiger partial charge in [0.1, 0.15) is 0 Å². The topological polar surface area (TPSA) is 12.0 Å². The lowest BCUT2D eigenvalue weighted by atomic mass is 9.85. The van der Waals surface area contributed by atoms with Crippen LogP contribution in [0.25, 0.3) is 0 Å². The lowest BCUT2D eigenvalue weighted by molar-refractivity contribution is 0.427. The molecule has 0 bridgehead atoms. The first kappa shape index (κ1) is 14.9. The molecular weight excluding hydrogens is 333 g/mol. The highest BCUT2D eigenvalue weighted by atomic mass is 35.5. The molecule has 2 aliphatic heterocycles. The summed E-state index contributed by atoms with van der Waals surface area (Å²) in [5.74, 6) is 0. The van der Waals surface area contributed by atoms with Crippen LogP contribution in [0.4, 0.5) is 0 Å². The fourth-order valence-electron chi connectivity index (χ4n) is 3.66. The molecule has 0 radical (unpaired) electrons. The van der Waals surface area contributed by atoms with E-state index >= 15 is 0 Å². The summed E-state index contributed by atoms with van der Waals surface area (Å²) in [4.78, 5) is 0. The Morgan fingerprint density at radius 2 is 1.77 bits per heavy atom. The van der Waals surface area contributed by atoms with Gasteiger partial charge in [-0.05, 0) is 54.8 Å². The number of hydrogen-bond donors (Lipinski definition) is 1. The van der Waals surface area contributed by atoms with Gasteiger partial charge in [0.2, 0.25) is 0 Å². The molecule has 0 saturated carbocycles. The van der Waals surface area contributed by atoms with Crippen LogP contribution >= 0.6 is 35.0 Å². The van der Waals surface area contributed by atoms with Crippen LogP contribution < -0.4 is 5.32 Å². The van der Waals surface area contributed by atoms with Crippen LogP contribution in [0, 0.1) is 0 Å². The molecule has 4 rings (SSSR count). The lowest BCUT2D eigenvalue weighted by Crippen LogP contribution is -2.36. The minimum Gasteiger partial charge on any atom is -0.317 e. The first-order valence-corrected chi connectivity index (χ1v) is 9.26. The predicted molar refractivity (Wildman–Crippen MR) is 96.1 cm³/mol. The number of piperidine rings is 1. The molecule has 0 aliphatic carbocycles. The summed E-state index contributed by atoms with van der Waals surface area (Å²) in [5, 5.41) is 5.25. The molecule has 0 amide bonds. The molecule has 1 N–H and O–H groups in total. The highest BCUT2D eigenvalue weighted by molar-refractivity contribution is 8.01. The van der Waals surface area contributed by atoms with Crippen LogP contribution in [-0.4, -0.2) is 13.1 Å². The summed E-state index contributed by atoms with van der Waals surface area (Å²) in [5.41, 5.74) is 4.09. The van der Waals surface area contributed by atoms with E-state index in [1.807, 2.05) is 12.1 Å². The molecule has 2 heterocycles. The molecule has 114 valence electrons. The Morgan fingerprint density at radius 1 is 1.00 bits per heavy atom. The largest absolute Gasteiger partial charge is 0.317 e. The van der Waals surface area contributed by atoms with E-state index in [1.165, 1.54) is 29.5 Å². The Kier molecular flexibility index (Phi) is 3.90. The zero-order valence-corrected chi connectivity index (χ0v) is 14.4. The number of nitrogens with one attached hydrogen (secondary N) is 1. The molecular formula is C18H17Cl2NS. The lowest BCUT2D eigenvalue weighted by Gasteiger charge is -2.34. The van der Waals surface area contributed by atoms with Gasteiger partial charge in [-0.15, -0.1) is 11.8 Å². The second-order valence-electron chi connectivity index (χ2n) is 6.00. The molecule has 1 fully saturated rings. The quantitative estimate of drug-likeness (QED) is 0.738. The van der Waals surface area contributed by atoms with Crippen molar-refractivity contribution < 1.29 is 0 Å². The van der Waals surface area contributed by atoms with Gasteiger partial charge in [0.25, 0.3) is 0 Å². The summed E-state index contributed by atoms with van der Waals surface area (Å²) in [6, 6.07) is 14.7. The molecule has 1 spiro atoms. The van der Waals surface area contributed by atoms with E-state index in [-0.39, 0.29) is 4.75 Å². The highest BCUT2D eigenvalue weighted by Crippen LogP contribution is 2.61. The van der Waals surface area contributed by atoms with Crippen molar-refractivity contribution in [3.63, 3.8) is 0 Å². The van der Waals surface area contributed by atoms with E-state index in [9.17, 15) is 0 Å². The van der Waals surface area contributed by atoms with E-state index in [0.717, 1.165) is 18.1 Å². The van der Waals surface area contributed by atoms with Crippen molar-refractivity contribution in [2.24, 2.45) is 0 Å². The second-order valence-corrected chi connectivity index (χ2v) is 8.33. The first-order chi connectivity index (χ1) is 10.7. The summed E-state index contributed by atoms with van der Waals surface area (Å²) in [7, 11) is 0. The number of rotatable bonds is 1. The molecule has 0 aromatic heterocycles. The Hall–Kier alpha value is -0.670. The Labute approximate surface area is 145 Å². The molecule has 2 aliphatic rings. The zero-order valence-electron chi connectivity index (χ0n) is 12.1. The van der Waals surface area contributed by atoms with Crippen LogP contribution in [0.5, 0.6) is 0 Å². The minimum atomic E-state index is 0.232. The number of thioether (sulfide) groups is 1. The van der Waals surface area contributed by atoms with E-state index in [0.29, 0.717) is 10.3 Å². The van der Waals surface area contributed by atoms with E-state index < -0.39 is 0 Å². The van der Waals surface area contributed by atoms with Crippen molar-refractivity contribution in [1.29, 1.82) is 0 Å². The molecule has 22 heavy (non-hydrogen) atoms. The van der Waals surface area contributed by atoms with Gasteiger partial charge in [-0.2, -0.15) is 0 Å². The van der Waals surface area contributed by atoms with E-state index in [2.05, 4.69) is 47.4 Å². The Morgan fingerprint density at radius 3 is 2.55 bits per heavy atom. The van der Waals surface area contributed by atoms with Crippen LogP contribution in [0.15, 0.2) is 42.5 Å². The van der Waals surface area contributed by atoms with Gasteiger partial charge < -0.3 is 5.32 Å². The molecule has 2 aromatic carbocycles. The third kappa shape index (κ3) is 2.37. The fraction of sp³-hybridized carbons (Fsp3) is 0.333. The molecule has 1 atom stereocenters. The molecule has 1 nitrogen and oxygen atoms in total. The number of hydrogen-bond acceptors (Lipinski definition) is 2. The van der Waals surface area contributed by atoms with Crippen LogP contribution in [0.2, 0.25) is 10.0 Å². The van der Waals surface area contributed by atoms with Crippen LogP contribution in [0.1, 0.15) is 34.8 Å². The maximum absolute atomic E-state index is 6.49. The van der Waals surface area contributed by atoms with Gasteiger partial charge in [-0.3, -0.25) is 0 Å². The van der Waals surface area contributed by atoms with Crippen molar-refractivity contribution in [2.75, 3.05) is 13.1 Å². The van der Waals surface area contributed by atoms with Gasteiger partial charge in [0, 0.05) is 14.8 Å². The van der Waals surface area contributed by atoms with E-state index in [4.69, 9.17) is 23.2 Å². The van der Waals surface area contributed by atoms with Gasteiger partial charge in [-0.25, -0.2) is 0 Å². The number of halogens is 2. The highest BCUT2D eigenvalue weighted by Gasteiger charge is 2.45. The average Bonchev–Trinajstić information content (AvgIpc) is 2.83. The van der Waals surface area contributed by atoms with Crippen molar-refractivity contribution in [2.45, 2.75) is 22.8 Å². The van der Waals surface area contributed by atoms with Gasteiger partial charge in [0.05, 0.1) is 5.25 Å². The first-order valence-electron chi connectivity index (χ1n) is 7.62. The molecule has 2 aromatic rings. The number of fused-ring (bicyclic) bond motifs is 2.